The second-order valence-corrected chi connectivity index (χ2v) is 7.05. The second kappa shape index (κ2) is 10.2. The fourth-order valence-corrected chi connectivity index (χ4v) is 2.94. The van der Waals surface area contributed by atoms with E-state index in [1.807, 2.05) is 0 Å². The quantitative estimate of drug-likeness (QED) is 0.243. The van der Waals surface area contributed by atoms with Gasteiger partial charge in [0, 0.05) is 30.6 Å². The summed E-state index contributed by atoms with van der Waals surface area (Å²) in [5, 5.41) is 23.4. The van der Waals surface area contributed by atoms with Gasteiger partial charge < -0.3 is 32.3 Å². The van der Waals surface area contributed by atoms with Gasteiger partial charge in [0.25, 0.3) is 5.91 Å². The molecule has 13 heteroatoms. The van der Waals surface area contributed by atoms with Crippen LogP contribution in [0.15, 0.2) is 30.5 Å². The Balaban J connectivity index is 1.55. The van der Waals surface area contributed by atoms with E-state index in [-0.39, 0.29) is 30.2 Å². The van der Waals surface area contributed by atoms with Crippen LogP contribution in [0.1, 0.15) is 28.9 Å². The summed E-state index contributed by atoms with van der Waals surface area (Å²) in [6, 6.07) is 5.12. The van der Waals surface area contributed by atoms with Gasteiger partial charge in [0.05, 0.1) is 11.9 Å². The van der Waals surface area contributed by atoms with Crippen LogP contribution >= 0.6 is 0 Å². The van der Waals surface area contributed by atoms with Crippen LogP contribution in [0.5, 0.6) is 0 Å². The van der Waals surface area contributed by atoms with Gasteiger partial charge in [0.15, 0.2) is 17.0 Å². The smallest absolute Gasteiger partial charge is 0.326 e. The van der Waals surface area contributed by atoms with Crippen molar-refractivity contribution in [1.82, 2.24) is 25.3 Å². The molecule has 8 N–H and O–H groups in total. The average Bonchev–Trinajstić information content (AvgIpc) is 2.77. The van der Waals surface area contributed by atoms with Crippen LogP contribution < -0.4 is 22.1 Å². The first kappa shape index (κ1) is 23.1. The number of nitrogens with one attached hydrogen (secondary N) is 2. The number of carboxylic acid groups (broad SMARTS) is 2. The molecule has 33 heavy (non-hydrogen) atoms. The summed E-state index contributed by atoms with van der Waals surface area (Å²) in [5.41, 5.74) is 13.7. The Morgan fingerprint density at radius 3 is 2.42 bits per heavy atom. The zero-order valence-electron chi connectivity index (χ0n) is 17.4. The highest BCUT2D eigenvalue weighted by molar-refractivity contribution is 5.97. The van der Waals surface area contributed by atoms with E-state index >= 15 is 0 Å². The monoisotopic (exact) mass is 454 g/mol. The molecule has 2 heterocycles. The van der Waals surface area contributed by atoms with Gasteiger partial charge in [-0.05, 0) is 30.7 Å². The Hall–Kier alpha value is -4.55. The summed E-state index contributed by atoms with van der Waals surface area (Å²) in [4.78, 5) is 50.6. The summed E-state index contributed by atoms with van der Waals surface area (Å²) < 4.78 is 0. The number of carbonyl (C=O) groups is 3. The van der Waals surface area contributed by atoms with E-state index in [2.05, 4.69) is 30.6 Å². The van der Waals surface area contributed by atoms with E-state index < -0.39 is 23.9 Å². The lowest BCUT2D eigenvalue weighted by molar-refractivity contribution is -0.140. The number of nitrogens with two attached hydrogens (primary N) is 2. The Labute approximate surface area is 187 Å². The van der Waals surface area contributed by atoms with Gasteiger partial charge in [0.2, 0.25) is 5.95 Å². The lowest BCUT2D eigenvalue weighted by atomic mass is 10.1. The molecule has 0 spiro atoms. The number of hydrogen-bond acceptors (Lipinski definition) is 10. The maximum atomic E-state index is 12.3. The SMILES string of the molecule is Nc1nc(N)c2nc(CCNc3ccc(C(=O)NC(CCC(=O)O)C(=O)O)cc3)cnc2n1. The summed E-state index contributed by atoms with van der Waals surface area (Å²) >= 11 is 0. The first-order chi connectivity index (χ1) is 15.7. The van der Waals surface area contributed by atoms with Crippen molar-refractivity contribution in [3.8, 4) is 0 Å². The highest BCUT2D eigenvalue weighted by atomic mass is 16.4. The molecule has 3 rings (SSSR count). The predicted molar refractivity (Wildman–Crippen MR) is 118 cm³/mol. The number of amides is 1. The van der Waals surface area contributed by atoms with Crippen molar-refractivity contribution in [3.05, 3.63) is 41.7 Å². The van der Waals surface area contributed by atoms with Gasteiger partial charge in [-0.1, -0.05) is 0 Å². The first-order valence-corrected chi connectivity index (χ1v) is 9.87. The highest BCUT2D eigenvalue weighted by Gasteiger charge is 2.21. The van der Waals surface area contributed by atoms with Crippen molar-refractivity contribution in [2.45, 2.75) is 25.3 Å². The van der Waals surface area contributed by atoms with E-state index in [0.29, 0.717) is 29.8 Å². The first-order valence-electron chi connectivity index (χ1n) is 9.87. The molecule has 0 fully saturated rings. The minimum atomic E-state index is -1.29. The second-order valence-electron chi connectivity index (χ2n) is 7.05. The van der Waals surface area contributed by atoms with E-state index in [0.717, 1.165) is 5.69 Å². The molecule has 2 aromatic heterocycles. The molecule has 172 valence electrons. The molecule has 13 nitrogen and oxygen atoms in total. The molecule has 1 aromatic carbocycles. The number of anilines is 3. The minimum absolute atomic E-state index is 0.0274. The van der Waals surface area contributed by atoms with Crippen molar-refractivity contribution in [3.63, 3.8) is 0 Å². The largest absolute Gasteiger partial charge is 0.481 e. The number of carboxylic acids is 2. The van der Waals surface area contributed by atoms with E-state index in [9.17, 15) is 14.4 Å². The van der Waals surface area contributed by atoms with Crippen LogP contribution in [0.25, 0.3) is 11.2 Å². The van der Waals surface area contributed by atoms with Crippen molar-refractivity contribution in [2.75, 3.05) is 23.3 Å². The zero-order valence-corrected chi connectivity index (χ0v) is 17.4. The third-order valence-corrected chi connectivity index (χ3v) is 4.61. The summed E-state index contributed by atoms with van der Waals surface area (Å²) in [7, 11) is 0. The average molecular weight is 454 g/mol. The Morgan fingerprint density at radius 2 is 1.76 bits per heavy atom. The van der Waals surface area contributed by atoms with Gasteiger partial charge in [-0.2, -0.15) is 9.97 Å². The fraction of sp³-hybridized carbons (Fsp3) is 0.250. The van der Waals surface area contributed by atoms with E-state index in [1.165, 1.54) is 12.1 Å². The van der Waals surface area contributed by atoms with Gasteiger partial charge >= 0.3 is 11.9 Å². The molecular formula is C20H22N8O5. The molecule has 0 saturated heterocycles. The lowest BCUT2D eigenvalue weighted by Crippen LogP contribution is -2.41. The van der Waals surface area contributed by atoms with Gasteiger partial charge in [-0.3, -0.25) is 9.59 Å². The number of rotatable bonds is 10. The van der Waals surface area contributed by atoms with Crippen LogP contribution in [0.4, 0.5) is 17.5 Å². The summed E-state index contributed by atoms with van der Waals surface area (Å²) in [6.45, 7) is 0.512. The van der Waals surface area contributed by atoms with Crippen LogP contribution in [0.3, 0.4) is 0 Å². The molecule has 1 atom stereocenters. The molecule has 0 bridgehead atoms. The standard InChI is InChI=1S/C20H22N8O5/c21-16-15-17(28-20(22)27-16)24-9-12(25-15)7-8-23-11-3-1-10(2-4-11)18(31)26-13(19(32)33)5-6-14(29)30/h1-4,9,13,23H,5-8H2,(H,26,31)(H,29,30)(H,32,33)(H4,21,22,24,27,28). The van der Waals surface area contributed by atoms with Crippen molar-refractivity contribution >= 4 is 46.5 Å². The van der Waals surface area contributed by atoms with Gasteiger partial charge in [0.1, 0.15) is 6.04 Å². The van der Waals surface area contributed by atoms with E-state index in [1.54, 1.807) is 18.3 Å². The topological polar surface area (TPSA) is 219 Å². The van der Waals surface area contributed by atoms with E-state index in [4.69, 9.17) is 21.7 Å². The predicted octanol–water partition coefficient (Wildman–Crippen LogP) is 0.287. The molecule has 0 aliphatic rings. The van der Waals surface area contributed by atoms with Crippen LogP contribution in [0.2, 0.25) is 0 Å². The highest BCUT2D eigenvalue weighted by Crippen LogP contribution is 2.15. The number of nitrogens with zero attached hydrogens (tertiary/aromatic N) is 4. The number of aromatic nitrogens is 4. The Morgan fingerprint density at radius 1 is 1.03 bits per heavy atom. The summed E-state index contributed by atoms with van der Waals surface area (Å²) in [5.74, 6) is -2.86. The lowest BCUT2D eigenvalue weighted by Gasteiger charge is -2.14. The van der Waals surface area contributed by atoms with Crippen LogP contribution in [-0.4, -0.2) is 60.6 Å². The molecule has 0 radical (unpaired) electrons. The van der Waals surface area contributed by atoms with Crippen LogP contribution in [-0.2, 0) is 16.0 Å². The normalized spacial score (nSPS) is 11.6. The number of carbonyl (C=O) groups excluding carboxylic acids is 1. The molecule has 1 amide bonds. The number of aliphatic carboxylic acids is 2. The maximum absolute atomic E-state index is 12.3. The summed E-state index contributed by atoms with van der Waals surface area (Å²) in [6.07, 6.45) is 1.53. The third kappa shape index (κ3) is 6.22. The third-order valence-electron chi connectivity index (χ3n) is 4.61. The molecule has 1 unspecified atom stereocenters. The number of hydrogen-bond donors (Lipinski definition) is 6. The number of fused-ring (bicyclic) bond motifs is 1. The Kier molecular flexibility index (Phi) is 7.13. The molecule has 0 saturated carbocycles. The zero-order chi connectivity index (χ0) is 24.0. The molecule has 0 aliphatic heterocycles. The number of benzene rings is 1. The maximum Gasteiger partial charge on any atom is 0.326 e. The number of nitrogen functional groups attached to an aromatic ring is 2. The Bertz CT molecular complexity index is 1190. The van der Waals surface area contributed by atoms with Crippen LogP contribution in [0, 0.1) is 0 Å². The van der Waals surface area contributed by atoms with Crippen molar-refractivity contribution in [1.29, 1.82) is 0 Å². The van der Waals surface area contributed by atoms with Crippen molar-refractivity contribution in [2.24, 2.45) is 0 Å². The molecule has 3 aromatic rings. The fourth-order valence-electron chi connectivity index (χ4n) is 2.94. The van der Waals surface area contributed by atoms with Gasteiger partial charge in [-0.25, -0.2) is 14.8 Å². The molecule has 0 aliphatic carbocycles. The molecular weight excluding hydrogens is 432 g/mol. The van der Waals surface area contributed by atoms with Crippen molar-refractivity contribution < 1.29 is 24.6 Å². The van der Waals surface area contributed by atoms with Gasteiger partial charge in [-0.15, -0.1) is 0 Å². The minimum Gasteiger partial charge on any atom is -0.481 e.